The Morgan fingerprint density at radius 3 is 2.28 bits per heavy atom. The number of sulfonamides is 1. The molecule has 1 N–H and O–H groups in total. The minimum Gasteiger partial charge on any atom is -0.486 e. The van der Waals surface area contributed by atoms with E-state index in [-0.39, 0.29) is 4.90 Å². The lowest BCUT2D eigenvalue weighted by Crippen LogP contribution is -2.18. The van der Waals surface area contributed by atoms with Crippen LogP contribution in [0.4, 0.5) is 0 Å². The lowest BCUT2D eigenvalue weighted by Gasteiger charge is -2.12. The highest BCUT2D eigenvalue weighted by Crippen LogP contribution is 2.35. The zero-order chi connectivity index (χ0) is 20.9. The van der Waals surface area contributed by atoms with E-state index in [2.05, 4.69) is 41.8 Å². The fourth-order valence-corrected chi connectivity index (χ4v) is 4.83. The highest BCUT2D eigenvalue weighted by Gasteiger charge is 2.12. The van der Waals surface area contributed by atoms with E-state index in [9.17, 15) is 8.42 Å². The van der Waals surface area contributed by atoms with E-state index in [1.54, 1.807) is 36.4 Å². The van der Waals surface area contributed by atoms with Gasteiger partial charge in [0.05, 0.1) is 20.1 Å². The largest absolute Gasteiger partial charge is 0.486 e. The van der Waals surface area contributed by atoms with Crippen LogP contribution in [0.5, 0.6) is 5.75 Å². The molecule has 5 nitrogen and oxygen atoms in total. The van der Waals surface area contributed by atoms with E-state index >= 15 is 0 Å². The number of halogens is 3. The van der Waals surface area contributed by atoms with Gasteiger partial charge in [0.2, 0.25) is 0 Å². The van der Waals surface area contributed by atoms with Crippen LogP contribution in [0.15, 0.2) is 85.7 Å². The maximum absolute atomic E-state index is 12.2. The molecule has 0 unspecified atom stereocenters. The van der Waals surface area contributed by atoms with Crippen molar-refractivity contribution in [3.05, 3.63) is 91.8 Å². The first kappa shape index (κ1) is 21.8. The van der Waals surface area contributed by atoms with Gasteiger partial charge in [0, 0.05) is 10.6 Å². The molecule has 29 heavy (non-hydrogen) atoms. The van der Waals surface area contributed by atoms with Crippen LogP contribution in [0.25, 0.3) is 0 Å². The number of ether oxygens (including phenoxy) is 1. The van der Waals surface area contributed by atoms with Crippen molar-refractivity contribution in [3.8, 4) is 5.75 Å². The summed E-state index contributed by atoms with van der Waals surface area (Å²) in [7, 11) is -3.71. The van der Waals surface area contributed by atoms with Crippen LogP contribution in [0, 0.1) is 0 Å². The molecule has 0 spiro atoms. The number of nitrogens with zero attached hydrogens (tertiary/aromatic N) is 1. The number of rotatable bonds is 7. The minimum atomic E-state index is -3.71. The first-order valence-electron chi connectivity index (χ1n) is 8.32. The second-order valence-electron chi connectivity index (χ2n) is 5.86. The molecule has 0 saturated carbocycles. The van der Waals surface area contributed by atoms with Crippen molar-refractivity contribution in [2.75, 3.05) is 0 Å². The second kappa shape index (κ2) is 9.75. The minimum absolute atomic E-state index is 0.142. The highest BCUT2D eigenvalue weighted by atomic mass is 79.9. The van der Waals surface area contributed by atoms with E-state index in [4.69, 9.17) is 16.3 Å². The molecule has 0 fully saturated rings. The van der Waals surface area contributed by atoms with Crippen molar-refractivity contribution in [1.29, 1.82) is 0 Å². The lowest BCUT2D eigenvalue weighted by atomic mass is 10.2. The standard InChI is InChI=1S/C20H15Br2ClN2O3S/c21-17-10-14(12-24-25-29(26,27)16-7-2-1-3-8-16)11-18(22)20(17)28-13-15-6-4-5-9-19(15)23/h1-12,25H,13H2/b24-12-. The Labute approximate surface area is 191 Å². The summed E-state index contributed by atoms with van der Waals surface area (Å²) in [6.07, 6.45) is 1.41. The van der Waals surface area contributed by atoms with Crippen LogP contribution in [-0.2, 0) is 16.6 Å². The average molecular weight is 559 g/mol. The molecule has 0 aromatic heterocycles. The van der Waals surface area contributed by atoms with Crippen LogP contribution in [0.2, 0.25) is 5.02 Å². The van der Waals surface area contributed by atoms with Gasteiger partial charge in [-0.25, -0.2) is 4.83 Å². The second-order valence-corrected chi connectivity index (χ2v) is 9.64. The maximum atomic E-state index is 12.2. The van der Waals surface area contributed by atoms with Gasteiger partial charge < -0.3 is 4.74 Å². The van der Waals surface area contributed by atoms with Crippen molar-refractivity contribution in [3.63, 3.8) is 0 Å². The predicted octanol–water partition coefficient (Wildman–Crippen LogP) is 5.76. The van der Waals surface area contributed by atoms with Gasteiger partial charge in [0.15, 0.2) is 0 Å². The first-order valence-corrected chi connectivity index (χ1v) is 11.8. The van der Waals surface area contributed by atoms with Crippen LogP contribution in [-0.4, -0.2) is 14.6 Å². The lowest BCUT2D eigenvalue weighted by molar-refractivity contribution is 0.302. The third-order valence-electron chi connectivity index (χ3n) is 3.79. The third-order valence-corrected chi connectivity index (χ3v) is 6.58. The number of nitrogens with one attached hydrogen (secondary N) is 1. The van der Waals surface area contributed by atoms with E-state index in [0.29, 0.717) is 31.9 Å². The van der Waals surface area contributed by atoms with Gasteiger partial charge in [-0.1, -0.05) is 48.0 Å². The number of hydrazone groups is 1. The third kappa shape index (κ3) is 5.82. The van der Waals surface area contributed by atoms with Crippen molar-refractivity contribution >= 4 is 59.7 Å². The van der Waals surface area contributed by atoms with Crippen molar-refractivity contribution in [1.82, 2.24) is 4.83 Å². The predicted molar refractivity (Wildman–Crippen MR) is 122 cm³/mol. The van der Waals surface area contributed by atoms with Crippen LogP contribution < -0.4 is 9.57 Å². The van der Waals surface area contributed by atoms with Crippen LogP contribution in [0.3, 0.4) is 0 Å². The molecule has 0 aliphatic rings. The molecule has 0 radical (unpaired) electrons. The van der Waals surface area contributed by atoms with Crippen molar-refractivity contribution < 1.29 is 13.2 Å². The fraction of sp³-hybridized carbons (Fsp3) is 0.0500. The van der Waals surface area contributed by atoms with Gasteiger partial charge in [-0.05, 0) is 67.8 Å². The smallest absolute Gasteiger partial charge is 0.276 e. The molecule has 0 aliphatic heterocycles. The molecule has 0 saturated heterocycles. The summed E-state index contributed by atoms with van der Waals surface area (Å²) in [5.41, 5.74) is 1.54. The Morgan fingerprint density at radius 2 is 1.62 bits per heavy atom. The summed E-state index contributed by atoms with van der Waals surface area (Å²) in [6.45, 7) is 0.307. The molecule has 0 bridgehead atoms. The summed E-state index contributed by atoms with van der Waals surface area (Å²) < 4.78 is 31.6. The van der Waals surface area contributed by atoms with Crippen LogP contribution in [0.1, 0.15) is 11.1 Å². The zero-order valence-corrected chi connectivity index (χ0v) is 19.6. The van der Waals surface area contributed by atoms with Gasteiger partial charge in [-0.3, -0.25) is 0 Å². The Balaban J connectivity index is 1.70. The summed E-state index contributed by atoms with van der Waals surface area (Å²) >= 11 is 13.1. The van der Waals surface area contributed by atoms with Crippen LogP contribution >= 0.6 is 43.5 Å². The normalized spacial score (nSPS) is 11.6. The Hall–Kier alpha value is -1.87. The molecule has 3 rings (SSSR count). The Kier molecular flexibility index (Phi) is 7.34. The molecule has 150 valence electrons. The molecular weight excluding hydrogens is 544 g/mol. The van der Waals surface area contributed by atoms with Gasteiger partial charge in [-0.2, -0.15) is 13.5 Å². The number of hydrogen-bond donors (Lipinski definition) is 1. The molecule has 9 heteroatoms. The van der Waals surface area contributed by atoms with E-state index in [1.807, 2.05) is 18.2 Å². The summed E-state index contributed by atoms with van der Waals surface area (Å²) in [5.74, 6) is 0.604. The summed E-state index contributed by atoms with van der Waals surface area (Å²) in [4.78, 5) is 2.34. The number of hydrogen-bond acceptors (Lipinski definition) is 4. The van der Waals surface area contributed by atoms with E-state index in [0.717, 1.165) is 5.56 Å². The van der Waals surface area contributed by atoms with Crippen molar-refractivity contribution in [2.24, 2.45) is 5.10 Å². The Bertz CT molecular complexity index is 1120. The van der Waals surface area contributed by atoms with Crippen molar-refractivity contribution in [2.45, 2.75) is 11.5 Å². The van der Waals surface area contributed by atoms with Gasteiger partial charge in [-0.15, -0.1) is 0 Å². The first-order chi connectivity index (χ1) is 13.9. The average Bonchev–Trinajstić information content (AvgIpc) is 2.69. The molecule has 0 amide bonds. The zero-order valence-electron chi connectivity index (χ0n) is 14.8. The quantitative estimate of drug-likeness (QED) is 0.296. The molecule has 0 heterocycles. The monoisotopic (exact) mass is 556 g/mol. The van der Waals surface area contributed by atoms with Gasteiger partial charge >= 0.3 is 0 Å². The molecule has 3 aromatic carbocycles. The van der Waals surface area contributed by atoms with Gasteiger partial charge in [0.25, 0.3) is 10.0 Å². The fourth-order valence-electron chi connectivity index (χ4n) is 2.38. The van der Waals surface area contributed by atoms with E-state index in [1.165, 1.54) is 18.3 Å². The molecule has 0 atom stereocenters. The van der Waals surface area contributed by atoms with Gasteiger partial charge in [0.1, 0.15) is 12.4 Å². The highest BCUT2D eigenvalue weighted by molar-refractivity contribution is 9.11. The summed E-state index contributed by atoms with van der Waals surface area (Å²) in [5, 5.41) is 4.48. The molecule has 0 aliphatic carbocycles. The SMILES string of the molecule is O=S(=O)(N/N=C\c1cc(Br)c(OCc2ccccc2Cl)c(Br)c1)c1ccccc1. The summed E-state index contributed by atoms with van der Waals surface area (Å²) in [6, 6.07) is 19.0. The maximum Gasteiger partial charge on any atom is 0.276 e. The molecule has 3 aromatic rings. The topological polar surface area (TPSA) is 67.8 Å². The molecular formula is C20H15Br2ClN2O3S. The Morgan fingerprint density at radius 1 is 1.00 bits per heavy atom. The van der Waals surface area contributed by atoms with E-state index < -0.39 is 10.0 Å². The number of benzene rings is 3.